The molecule has 0 N–H and O–H groups in total. The minimum atomic E-state index is 0.0950. The number of thioether (sulfide) groups is 1. The van der Waals surface area contributed by atoms with Gasteiger partial charge < -0.3 is 0 Å². The summed E-state index contributed by atoms with van der Waals surface area (Å²) in [5, 5.41) is 0.0950. The second-order valence-electron chi connectivity index (χ2n) is 4.07. The molecule has 2 aromatic carbocycles. The molecular formula is C15H14OS. The van der Waals surface area contributed by atoms with Crippen molar-refractivity contribution in [2.45, 2.75) is 18.7 Å². The zero-order chi connectivity index (χ0) is 12.3. The van der Waals surface area contributed by atoms with Crippen molar-refractivity contribution < 1.29 is 4.79 Å². The summed E-state index contributed by atoms with van der Waals surface area (Å²) in [5.41, 5.74) is 3.08. The summed E-state index contributed by atoms with van der Waals surface area (Å²) in [5.74, 6) is 0. The van der Waals surface area contributed by atoms with E-state index in [4.69, 9.17) is 0 Å². The van der Waals surface area contributed by atoms with Crippen LogP contribution in [-0.2, 0) is 0 Å². The minimum Gasteiger partial charge on any atom is -0.281 e. The Morgan fingerprint density at radius 1 is 0.941 bits per heavy atom. The highest BCUT2D eigenvalue weighted by atomic mass is 32.2. The third-order valence-electron chi connectivity index (χ3n) is 2.49. The van der Waals surface area contributed by atoms with Gasteiger partial charge in [-0.05, 0) is 43.8 Å². The number of hydrogen-bond acceptors (Lipinski definition) is 2. The summed E-state index contributed by atoms with van der Waals surface area (Å²) in [4.78, 5) is 13.0. The van der Waals surface area contributed by atoms with Crippen LogP contribution in [0.1, 0.15) is 21.5 Å². The number of benzene rings is 2. The van der Waals surface area contributed by atoms with Gasteiger partial charge in [-0.2, -0.15) is 0 Å². The van der Waals surface area contributed by atoms with E-state index in [0.717, 1.165) is 16.0 Å². The van der Waals surface area contributed by atoms with Gasteiger partial charge in [-0.25, -0.2) is 0 Å². The summed E-state index contributed by atoms with van der Waals surface area (Å²) in [7, 11) is 0. The lowest BCUT2D eigenvalue weighted by Crippen LogP contribution is -1.93. The number of rotatable bonds is 2. The SMILES string of the molecule is Cc1ccc(SC(=O)c2cccc(C)c2)cc1. The van der Waals surface area contributed by atoms with Gasteiger partial charge in [0.1, 0.15) is 0 Å². The maximum absolute atomic E-state index is 12.0. The molecule has 0 heterocycles. The van der Waals surface area contributed by atoms with E-state index in [1.807, 2.05) is 62.4 Å². The van der Waals surface area contributed by atoms with Gasteiger partial charge in [0, 0.05) is 10.5 Å². The quantitative estimate of drug-likeness (QED) is 0.733. The molecule has 86 valence electrons. The highest BCUT2D eigenvalue weighted by molar-refractivity contribution is 8.14. The lowest BCUT2D eigenvalue weighted by molar-refractivity contribution is 0.108. The molecular weight excluding hydrogens is 228 g/mol. The smallest absolute Gasteiger partial charge is 0.224 e. The average Bonchev–Trinajstić information content (AvgIpc) is 2.32. The Morgan fingerprint density at radius 2 is 1.65 bits per heavy atom. The van der Waals surface area contributed by atoms with Gasteiger partial charge in [0.2, 0.25) is 5.12 Å². The van der Waals surface area contributed by atoms with Crippen molar-refractivity contribution in [2.75, 3.05) is 0 Å². The maximum Gasteiger partial charge on any atom is 0.224 e. The van der Waals surface area contributed by atoms with Crippen molar-refractivity contribution in [2.24, 2.45) is 0 Å². The topological polar surface area (TPSA) is 17.1 Å². The molecule has 0 aliphatic carbocycles. The van der Waals surface area contributed by atoms with Crippen molar-refractivity contribution in [3.05, 3.63) is 65.2 Å². The molecule has 0 saturated heterocycles. The van der Waals surface area contributed by atoms with Crippen molar-refractivity contribution in [3.8, 4) is 0 Å². The fraction of sp³-hybridized carbons (Fsp3) is 0.133. The molecule has 0 unspecified atom stereocenters. The van der Waals surface area contributed by atoms with Crippen molar-refractivity contribution in [1.82, 2.24) is 0 Å². The summed E-state index contributed by atoms with van der Waals surface area (Å²) in [6.45, 7) is 4.03. The predicted octanol–water partition coefficient (Wildman–Crippen LogP) is 4.24. The third kappa shape index (κ3) is 3.21. The van der Waals surface area contributed by atoms with Gasteiger partial charge in [0.05, 0.1) is 0 Å². The normalized spacial score (nSPS) is 10.2. The van der Waals surface area contributed by atoms with E-state index in [-0.39, 0.29) is 5.12 Å². The Morgan fingerprint density at radius 3 is 2.29 bits per heavy atom. The minimum absolute atomic E-state index is 0.0950. The summed E-state index contributed by atoms with van der Waals surface area (Å²) >= 11 is 1.28. The Bertz CT molecular complexity index is 529. The summed E-state index contributed by atoms with van der Waals surface area (Å²) in [6, 6.07) is 15.7. The first-order valence-corrected chi connectivity index (χ1v) is 6.32. The zero-order valence-corrected chi connectivity index (χ0v) is 10.8. The lowest BCUT2D eigenvalue weighted by atomic mass is 10.2. The Hall–Kier alpha value is -1.54. The molecule has 2 heteroatoms. The molecule has 0 radical (unpaired) electrons. The number of carbonyl (C=O) groups excluding carboxylic acids is 1. The molecule has 0 amide bonds. The molecule has 0 spiro atoms. The molecule has 0 aliphatic rings. The fourth-order valence-corrected chi connectivity index (χ4v) is 2.28. The van der Waals surface area contributed by atoms with Crippen LogP contribution in [0.4, 0.5) is 0 Å². The molecule has 2 aromatic rings. The Kier molecular flexibility index (Phi) is 3.64. The van der Waals surface area contributed by atoms with Crippen LogP contribution in [0.2, 0.25) is 0 Å². The molecule has 0 bridgehead atoms. The van der Waals surface area contributed by atoms with Crippen LogP contribution >= 0.6 is 11.8 Å². The number of hydrogen-bond donors (Lipinski definition) is 0. The molecule has 17 heavy (non-hydrogen) atoms. The molecule has 0 aliphatic heterocycles. The number of aryl methyl sites for hydroxylation is 2. The van der Waals surface area contributed by atoms with Crippen LogP contribution in [0.25, 0.3) is 0 Å². The van der Waals surface area contributed by atoms with Gasteiger partial charge in [-0.15, -0.1) is 0 Å². The van der Waals surface area contributed by atoms with E-state index >= 15 is 0 Å². The van der Waals surface area contributed by atoms with Gasteiger partial charge in [0.15, 0.2) is 0 Å². The highest BCUT2D eigenvalue weighted by Gasteiger charge is 2.07. The molecule has 0 saturated carbocycles. The second-order valence-corrected chi connectivity index (χ2v) is 5.12. The monoisotopic (exact) mass is 242 g/mol. The van der Waals surface area contributed by atoms with E-state index in [0.29, 0.717) is 0 Å². The van der Waals surface area contributed by atoms with Gasteiger partial charge in [0.25, 0.3) is 0 Å². The average molecular weight is 242 g/mol. The highest BCUT2D eigenvalue weighted by Crippen LogP contribution is 2.23. The van der Waals surface area contributed by atoms with Crippen LogP contribution in [0.3, 0.4) is 0 Å². The first-order valence-electron chi connectivity index (χ1n) is 5.51. The van der Waals surface area contributed by atoms with Gasteiger partial charge >= 0.3 is 0 Å². The second kappa shape index (κ2) is 5.19. The summed E-state index contributed by atoms with van der Waals surface area (Å²) < 4.78 is 0. The van der Waals surface area contributed by atoms with Crippen LogP contribution in [0.15, 0.2) is 53.4 Å². The van der Waals surface area contributed by atoms with Crippen LogP contribution in [0.5, 0.6) is 0 Å². The van der Waals surface area contributed by atoms with Crippen molar-refractivity contribution in [3.63, 3.8) is 0 Å². The van der Waals surface area contributed by atoms with E-state index in [1.165, 1.54) is 17.3 Å². The molecule has 0 aromatic heterocycles. The molecule has 2 rings (SSSR count). The first kappa shape index (κ1) is 11.9. The fourth-order valence-electron chi connectivity index (χ4n) is 1.54. The zero-order valence-electron chi connectivity index (χ0n) is 9.94. The predicted molar refractivity (Wildman–Crippen MR) is 72.5 cm³/mol. The van der Waals surface area contributed by atoms with Crippen LogP contribution in [0, 0.1) is 13.8 Å². The molecule has 0 fully saturated rings. The lowest BCUT2D eigenvalue weighted by Gasteiger charge is -2.02. The van der Waals surface area contributed by atoms with E-state index in [2.05, 4.69) is 0 Å². The van der Waals surface area contributed by atoms with Crippen molar-refractivity contribution in [1.29, 1.82) is 0 Å². The Balaban J connectivity index is 2.14. The molecule has 1 nitrogen and oxygen atoms in total. The first-order chi connectivity index (χ1) is 8.15. The van der Waals surface area contributed by atoms with Crippen LogP contribution in [-0.4, -0.2) is 5.12 Å². The van der Waals surface area contributed by atoms with Gasteiger partial charge in [-0.3, -0.25) is 4.79 Å². The largest absolute Gasteiger partial charge is 0.281 e. The maximum atomic E-state index is 12.0. The van der Waals surface area contributed by atoms with Crippen molar-refractivity contribution >= 4 is 16.9 Å². The van der Waals surface area contributed by atoms with E-state index in [9.17, 15) is 4.79 Å². The Labute approximate surface area is 106 Å². The number of carbonyl (C=O) groups is 1. The molecule has 0 atom stereocenters. The summed E-state index contributed by atoms with van der Waals surface area (Å²) in [6.07, 6.45) is 0. The third-order valence-corrected chi connectivity index (χ3v) is 3.41. The van der Waals surface area contributed by atoms with Gasteiger partial charge in [-0.1, -0.05) is 41.5 Å². The van der Waals surface area contributed by atoms with Crippen LogP contribution < -0.4 is 0 Å². The van der Waals surface area contributed by atoms with E-state index < -0.39 is 0 Å². The standard InChI is InChI=1S/C15H14OS/c1-11-6-8-14(9-7-11)17-15(16)13-5-3-4-12(2)10-13/h3-10H,1-2H3. The van der Waals surface area contributed by atoms with E-state index in [1.54, 1.807) is 0 Å².